The maximum atomic E-state index is 13.8. The standard InChI is InChI=1S/C17H16ClFN4O/c1-2-14(15-10-23-8-4-7-20-17(23)22-15)21-16(24)9-11-12(18)5-3-6-13(11)19/h3-8,10,14H,2,9H2,1H3,(H,21,24)/t14-/m1/s1. The molecule has 0 bridgehead atoms. The van der Waals surface area contributed by atoms with Crippen molar-refractivity contribution in [3.8, 4) is 0 Å². The van der Waals surface area contributed by atoms with E-state index in [0.29, 0.717) is 17.9 Å². The highest BCUT2D eigenvalue weighted by Gasteiger charge is 2.18. The van der Waals surface area contributed by atoms with Crippen molar-refractivity contribution in [3.05, 3.63) is 65.0 Å². The number of benzene rings is 1. The number of imidazole rings is 1. The summed E-state index contributed by atoms with van der Waals surface area (Å²) in [6.45, 7) is 1.94. The summed E-state index contributed by atoms with van der Waals surface area (Å²) < 4.78 is 15.6. The number of carbonyl (C=O) groups excluding carboxylic acids is 1. The van der Waals surface area contributed by atoms with Gasteiger partial charge in [-0.1, -0.05) is 24.6 Å². The van der Waals surface area contributed by atoms with Gasteiger partial charge in [0.1, 0.15) is 5.82 Å². The number of nitrogens with zero attached hydrogens (tertiary/aromatic N) is 3. The van der Waals surface area contributed by atoms with Gasteiger partial charge >= 0.3 is 0 Å². The molecule has 124 valence electrons. The highest BCUT2D eigenvalue weighted by molar-refractivity contribution is 6.31. The maximum Gasteiger partial charge on any atom is 0.233 e. The zero-order valence-electron chi connectivity index (χ0n) is 13.0. The zero-order valence-corrected chi connectivity index (χ0v) is 13.8. The minimum absolute atomic E-state index is 0.117. The third-order valence-electron chi connectivity index (χ3n) is 3.75. The number of rotatable bonds is 5. The van der Waals surface area contributed by atoms with Crippen LogP contribution in [0.4, 0.5) is 4.39 Å². The van der Waals surface area contributed by atoms with Gasteiger partial charge in [0, 0.05) is 29.2 Å². The highest BCUT2D eigenvalue weighted by Crippen LogP contribution is 2.21. The van der Waals surface area contributed by atoms with Gasteiger partial charge in [-0.3, -0.25) is 9.20 Å². The first-order chi connectivity index (χ1) is 11.6. The molecule has 0 fully saturated rings. The van der Waals surface area contributed by atoms with Crippen LogP contribution in [0.1, 0.15) is 30.6 Å². The van der Waals surface area contributed by atoms with Gasteiger partial charge in [0.2, 0.25) is 11.7 Å². The molecule has 0 spiro atoms. The third-order valence-corrected chi connectivity index (χ3v) is 4.11. The van der Waals surface area contributed by atoms with Crippen LogP contribution < -0.4 is 5.32 Å². The van der Waals surface area contributed by atoms with Gasteiger partial charge in [0.15, 0.2) is 0 Å². The Morgan fingerprint density at radius 2 is 2.25 bits per heavy atom. The molecule has 0 aliphatic rings. The number of nitrogens with one attached hydrogen (secondary N) is 1. The van der Waals surface area contributed by atoms with Gasteiger partial charge in [0.25, 0.3) is 0 Å². The monoisotopic (exact) mass is 346 g/mol. The molecule has 1 atom stereocenters. The maximum absolute atomic E-state index is 13.8. The van der Waals surface area contributed by atoms with Crippen LogP contribution in [0.2, 0.25) is 5.02 Å². The molecular formula is C17H16ClFN4O. The lowest BCUT2D eigenvalue weighted by molar-refractivity contribution is -0.121. The van der Waals surface area contributed by atoms with E-state index in [1.54, 1.807) is 22.7 Å². The van der Waals surface area contributed by atoms with Crippen molar-refractivity contribution in [2.45, 2.75) is 25.8 Å². The van der Waals surface area contributed by atoms with E-state index in [-0.39, 0.29) is 29.0 Å². The summed E-state index contributed by atoms with van der Waals surface area (Å²) in [6, 6.07) is 5.90. The fraction of sp³-hybridized carbons (Fsp3) is 0.235. The summed E-state index contributed by atoms with van der Waals surface area (Å²) in [5.74, 6) is -0.223. The van der Waals surface area contributed by atoms with Crippen LogP contribution in [0.5, 0.6) is 0 Å². The van der Waals surface area contributed by atoms with Gasteiger partial charge in [-0.2, -0.15) is 0 Å². The first-order valence-electron chi connectivity index (χ1n) is 7.60. The Morgan fingerprint density at radius 3 is 2.96 bits per heavy atom. The smallest absolute Gasteiger partial charge is 0.233 e. The summed E-state index contributed by atoms with van der Waals surface area (Å²) >= 11 is 5.97. The summed E-state index contributed by atoms with van der Waals surface area (Å²) in [7, 11) is 0. The van der Waals surface area contributed by atoms with E-state index in [9.17, 15) is 9.18 Å². The number of hydrogen-bond donors (Lipinski definition) is 1. The lowest BCUT2D eigenvalue weighted by Gasteiger charge is -2.15. The first kappa shape index (κ1) is 16.4. The average molecular weight is 347 g/mol. The van der Waals surface area contributed by atoms with Crippen LogP contribution in [0.15, 0.2) is 42.9 Å². The SMILES string of the molecule is CC[C@@H](NC(=O)Cc1c(F)cccc1Cl)c1cn2cccnc2n1. The number of aromatic nitrogens is 3. The number of halogens is 2. The lowest BCUT2D eigenvalue weighted by atomic mass is 10.1. The molecule has 0 aliphatic carbocycles. The Bertz CT molecular complexity index is 827. The number of fused-ring (bicyclic) bond motifs is 1. The van der Waals surface area contributed by atoms with Crippen molar-refractivity contribution in [1.82, 2.24) is 19.7 Å². The molecule has 0 radical (unpaired) electrons. The van der Waals surface area contributed by atoms with Crippen LogP contribution in [-0.2, 0) is 11.2 Å². The average Bonchev–Trinajstić information content (AvgIpc) is 3.00. The third kappa shape index (κ3) is 3.38. The van der Waals surface area contributed by atoms with Crippen molar-refractivity contribution in [1.29, 1.82) is 0 Å². The van der Waals surface area contributed by atoms with Gasteiger partial charge in [0.05, 0.1) is 18.2 Å². The Kier molecular flexibility index (Phi) is 4.76. The van der Waals surface area contributed by atoms with E-state index < -0.39 is 5.82 Å². The second kappa shape index (κ2) is 6.97. The molecule has 7 heteroatoms. The predicted octanol–water partition coefficient (Wildman–Crippen LogP) is 3.33. The molecule has 1 aromatic carbocycles. The first-order valence-corrected chi connectivity index (χ1v) is 7.98. The molecule has 0 aliphatic heterocycles. The van der Waals surface area contributed by atoms with Gasteiger partial charge < -0.3 is 5.32 Å². The van der Waals surface area contributed by atoms with Crippen molar-refractivity contribution >= 4 is 23.3 Å². The molecular weight excluding hydrogens is 331 g/mol. The zero-order chi connectivity index (χ0) is 17.1. The van der Waals surface area contributed by atoms with Crippen molar-refractivity contribution < 1.29 is 9.18 Å². The van der Waals surface area contributed by atoms with Gasteiger partial charge in [-0.25, -0.2) is 14.4 Å². The molecule has 5 nitrogen and oxygen atoms in total. The van der Waals surface area contributed by atoms with Crippen LogP contribution in [0.3, 0.4) is 0 Å². The molecule has 24 heavy (non-hydrogen) atoms. The normalized spacial score (nSPS) is 12.3. The predicted molar refractivity (Wildman–Crippen MR) is 89.3 cm³/mol. The van der Waals surface area contributed by atoms with Crippen LogP contribution in [-0.4, -0.2) is 20.3 Å². The molecule has 2 heterocycles. The quantitative estimate of drug-likeness (QED) is 0.771. The number of amides is 1. The van der Waals surface area contributed by atoms with E-state index in [1.807, 2.05) is 19.3 Å². The largest absolute Gasteiger partial charge is 0.347 e. The van der Waals surface area contributed by atoms with Crippen molar-refractivity contribution in [2.75, 3.05) is 0 Å². The molecule has 0 saturated carbocycles. The van der Waals surface area contributed by atoms with Crippen molar-refractivity contribution in [2.24, 2.45) is 0 Å². The molecule has 0 unspecified atom stereocenters. The molecule has 1 amide bonds. The van der Waals surface area contributed by atoms with E-state index in [1.165, 1.54) is 12.1 Å². The van der Waals surface area contributed by atoms with Gasteiger partial charge in [-0.15, -0.1) is 0 Å². The van der Waals surface area contributed by atoms with E-state index in [2.05, 4.69) is 15.3 Å². The topological polar surface area (TPSA) is 59.3 Å². The van der Waals surface area contributed by atoms with E-state index >= 15 is 0 Å². The summed E-state index contributed by atoms with van der Waals surface area (Å²) in [4.78, 5) is 20.9. The van der Waals surface area contributed by atoms with Gasteiger partial charge in [-0.05, 0) is 24.6 Å². The second-order valence-electron chi connectivity index (χ2n) is 5.40. The molecule has 3 rings (SSSR count). The summed E-state index contributed by atoms with van der Waals surface area (Å²) in [6.07, 6.45) is 5.86. The minimum atomic E-state index is -0.484. The fourth-order valence-electron chi connectivity index (χ4n) is 2.51. The van der Waals surface area contributed by atoms with Crippen LogP contribution in [0, 0.1) is 5.82 Å². The molecule has 3 aromatic rings. The van der Waals surface area contributed by atoms with E-state index in [0.717, 1.165) is 0 Å². The number of carbonyl (C=O) groups is 1. The number of hydrogen-bond acceptors (Lipinski definition) is 3. The second-order valence-corrected chi connectivity index (χ2v) is 5.81. The Hall–Kier alpha value is -2.47. The van der Waals surface area contributed by atoms with Crippen molar-refractivity contribution in [3.63, 3.8) is 0 Å². The van der Waals surface area contributed by atoms with E-state index in [4.69, 9.17) is 11.6 Å². The van der Waals surface area contributed by atoms with Crippen LogP contribution >= 0.6 is 11.6 Å². The summed E-state index contributed by atoms with van der Waals surface area (Å²) in [5.41, 5.74) is 0.910. The molecule has 0 saturated heterocycles. The van der Waals surface area contributed by atoms with Crippen LogP contribution in [0.25, 0.3) is 5.78 Å². The summed E-state index contributed by atoms with van der Waals surface area (Å²) in [5, 5.41) is 3.12. The minimum Gasteiger partial charge on any atom is -0.347 e. The lowest BCUT2D eigenvalue weighted by Crippen LogP contribution is -2.30. The molecule has 2 aromatic heterocycles. The highest BCUT2D eigenvalue weighted by atomic mass is 35.5. The Balaban J connectivity index is 1.76. The Labute approximate surface area is 143 Å². The molecule has 1 N–H and O–H groups in total. The fourth-order valence-corrected chi connectivity index (χ4v) is 2.74. The Morgan fingerprint density at radius 1 is 1.42 bits per heavy atom.